The molecule has 0 aromatic heterocycles. The van der Waals surface area contributed by atoms with Gasteiger partial charge in [0.15, 0.2) is 0 Å². The third-order valence-electron chi connectivity index (χ3n) is 4.39. The first-order valence-corrected chi connectivity index (χ1v) is 10.4. The van der Waals surface area contributed by atoms with Gasteiger partial charge in [-0.3, -0.25) is 0 Å². The minimum atomic E-state index is -3.43. The molecule has 5 nitrogen and oxygen atoms in total. The number of nitrogens with one attached hydrogen (secondary N) is 1. The molecule has 1 aromatic carbocycles. The van der Waals surface area contributed by atoms with Gasteiger partial charge >= 0.3 is 0 Å². The Bertz CT molecular complexity index is 565. The van der Waals surface area contributed by atoms with E-state index in [0.717, 1.165) is 18.8 Å². The topological polar surface area (TPSA) is 64.6 Å². The summed E-state index contributed by atoms with van der Waals surface area (Å²) in [6.45, 7) is 4.08. The van der Waals surface area contributed by atoms with Gasteiger partial charge in [0.25, 0.3) is 0 Å². The molecule has 0 bridgehead atoms. The van der Waals surface area contributed by atoms with Crippen molar-refractivity contribution in [2.24, 2.45) is 5.92 Å². The Kier molecular flexibility index (Phi) is 8.02. The average molecular weight is 356 g/mol. The Morgan fingerprint density at radius 1 is 1.12 bits per heavy atom. The fraction of sp³-hybridized carbons (Fsp3) is 0.667. The highest BCUT2D eigenvalue weighted by Gasteiger charge is 2.16. The van der Waals surface area contributed by atoms with Crippen molar-refractivity contribution in [3.05, 3.63) is 24.3 Å². The molecule has 0 atom stereocenters. The van der Waals surface area contributed by atoms with Crippen LogP contribution in [-0.2, 0) is 14.8 Å². The third-order valence-corrected chi connectivity index (χ3v) is 5.87. The molecule has 2 rings (SSSR count). The Morgan fingerprint density at radius 3 is 2.50 bits per heavy atom. The summed E-state index contributed by atoms with van der Waals surface area (Å²) in [6.07, 6.45) is 7.29. The monoisotopic (exact) mass is 355 g/mol. The van der Waals surface area contributed by atoms with Crippen molar-refractivity contribution >= 4 is 10.0 Å². The van der Waals surface area contributed by atoms with E-state index >= 15 is 0 Å². The van der Waals surface area contributed by atoms with Gasteiger partial charge in [-0.05, 0) is 49.9 Å². The van der Waals surface area contributed by atoms with Crippen molar-refractivity contribution in [3.8, 4) is 5.75 Å². The lowest BCUT2D eigenvalue weighted by Crippen LogP contribution is -2.25. The van der Waals surface area contributed by atoms with Crippen LogP contribution in [0, 0.1) is 5.92 Å². The molecule has 0 spiro atoms. The van der Waals surface area contributed by atoms with E-state index in [1.165, 1.54) is 25.7 Å². The van der Waals surface area contributed by atoms with E-state index in [1.807, 2.05) is 6.92 Å². The van der Waals surface area contributed by atoms with Gasteiger partial charge in [-0.15, -0.1) is 0 Å². The Hall–Kier alpha value is -1.11. The maximum absolute atomic E-state index is 12.3. The van der Waals surface area contributed by atoms with E-state index in [1.54, 1.807) is 24.3 Å². The Morgan fingerprint density at radius 2 is 1.83 bits per heavy atom. The van der Waals surface area contributed by atoms with Gasteiger partial charge in [0.2, 0.25) is 10.0 Å². The largest absolute Gasteiger partial charge is 0.491 e. The number of benzene rings is 1. The first-order chi connectivity index (χ1) is 11.6. The second-order valence-corrected chi connectivity index (χ2v) is 7.97. The lowest BCUT2D eigenvalue weighted by atomic mass is 10.0. The van der Waals surface area contributed by atoms with Crippen LogP contribution in [-0.4, -0.2) is 34.8 Å². The summed E-state index contributed by atoms with van der Waals surface area (Å²) in [5.41, 5.74) is 0. The van der Waals surface area contributed by atoms with Gasteiger partial charge in [0, 0.05) is 13.2 Å². The SMILES string of the molecule is CCOCCOc1ccc(S(=O)(=O)NCCCC2CCCC2)cc1. The van der Waals surface area contributed by atoms with E-state index < -0.39 is 10.0 Å². The predicted molar refractivity (Wildman–Crippen MR) is 94.8 cm³/mol. The van der Waals surface area contributed by atoms with Crippen LogP contribution in [0.3, 0.4) is 0 Å². The van der Waals surface area contributed by atoms with E-state index in [2.05, 4.69) is 4.72 Å². The minimum absolute atomic E-state index is 0.278. The molecule has 0 saturated heterocycles. The smallest absolute Gasteiger partial charge is 0.240 e. The fourth-order valence-electron chi connectivity index (χ4n) is 3.06. The molecule has 0 amide bonds. The summed E-state index contributed by atoms with van der Waals surface area (Å²) in [5.74, 6) is 1.44. The van der Waals surface area contributed by atoms with Crippen LogP contribution in [0.25, 0.3) is 0 Å². The highest BCUT2D eigenvalue weighted by molar-refractivity contribution is 7.89. The van der Waals surface area contributed by atoms with Crippen LogP contribution in [0.1, 0.15) is 45.4 Å². The van der Waals surface area contributed by atoms with Gasteiger partial charge in [0.05, 0.1) is 11.5 Å². The number of hydrogen-bond donors (Lipinski definition) is 1. The first kappa shape index (κ1) is 19.2. The molecule has 0 unspecified atom stereocenters. The van der Waals surface area contributed by atoms with Gasteiger partial charge in [0.1, 0.15) is 12.4 Å². The summed E-state index contributed by atoms with van der Waals surface area (Å²) in [5, 5.41) is 0. The van der Waals surface area contributed by atoms with Crippen LogP contribution in [0.5, 0.6) is 5.75 Å². The molecule has 0 heterocycles. The number of hydrogen-bond acceptors (Lipinski definition) is 4. The molecule has 0 radical (unpaired) electrons. The van der Waals surface area contributed by atoms with Gasteiger partial charge in [-0.1, -0.05) is 25.7 Å². The summed E-state index contributed by atoms with van der Waals surface area (Å²) in [6, 6.07) is 6.52. The predicted octanol–water partition coefficient (Wildman–Crippen LogP) is 3.35. The maximum atomic E-state index is 12.3. The van der Waals surface area contributed by atoms with E-state index in [-0.39, 0.29) is 4.90 Å². The quantitative estimate of drug-likeness (QED) is 0.618. The molecule has 24 heavy (non-hydrogen) atoms. The van der Waals surface area contributed by atoms with Gasteiger partial charge < -0.3 is 9.47 Å². The number of sulfonamides is 1. The standard InChI is InChI=1S/C18H29NO4S/c1-2-22-14-15-23-17-9-11-18(12-10-17)24(20,21)19-13-5-8-16-6-3-4-7-16/h9-12,16,19H,2-8,13-15H2,1H3. The van der Waals surface area contributed by atoms with Crippen LogP contribution < -0.4 is 9.46 Å². The van der Waals surface area contributed by atoms with Crippen molar-refractivity contribution in [2.75, 3.05) is 26.4 Å². The van der Waals surface area contributed by atoms with Crippen LogP contribution >= 0.6 is 0 Å². The zero-order chi connectivity index (χ0) is 17.3. The zero-order valence-electron chi connectivity index (χ0n) is 14.5. The van der Waals surface area contributed by atoms with Crippen LogP contribution in [0.2, 0.25) is 0 Å². The van der Waals surface area contributed by atoms with Crippen molar-refractivity contribution in [2.45, 2.75) is 50.3 Å². The highest BCUT2D eigenvalue weighted by Crippen LogP contribution is 2.28. The van der Waals surface area contributed by atoms with Gasteiger partial charge in [-0.25, -0.2) is 13.1 Å². The molecule has 136 valence electrons. The molecule has 1 N–H and O–H groups in total. The maximum Gasteiger partial charge on any atom is 0.240 e. The molecular weight excluding hydrogens is 326 g/mol. The minimum Gasteiger partial charge on any atom is -0.491 e. The number of rotatable bonds is 11. The molecule has 1 aromatic rings. The van der Waals surface area contributed by atoms with E-state index in [0.29, 0.717) is 32.1 Å². The lowest BCUT2D eigenvalue weighted by molar-refractivity contribution is 0.110. The highest BCUT2D eigenvalue weighted by atomic mass is 32.2. The lowest BCUT2D eigenvalue weighted by Gasteiger charge is -2.11. The first-order valence-electron chi connectivity index (χ1n) is 8.92. The van der Waals surface area contributed by atoms with E-state index in [9.17, 15) is 8.42 Å². The Balaban J connectivity index is 1.74. The summed E-state index contributed by atoms with van der Waals surface area (Å²) in [7, 11) is -3.43. The summed E-state index contributed by atoms with van der Waals surface area (Å²) >= 11 is 0. The van der Waals surface area contributed by atoms with Crippen molar-refractivity contribution in [3.63, 3.8) is 0 Å². The molecule has 1 aliphatic rings. The molecule has 0 aliphatic heterocycles. The molecule has 1 aliphatic carbocycles. The fourth-order valence-corrected chi connectivity index (χ4v) is 4.13. The molecule has 1 saturated carbocycles. The third kappa shape index (κ3) is 6.42. The van der Waals surface area contributed by atoms with Gasteiger partial charge in [-0.2, -0.15) is 0 Å². The zero-order valence-corrected chi connectivity index (χ0v) is 15.3. The van der Waals surface area contributed by atoms with Crippen LogP contribution in [0.15, 0.2) is 29.2 Å². The normalized spacial score (nSPS) is 15.7. The second kappa shape index (κ2) is 10.0. The van der Waals surface area contributed by atoms with Crippen LogP contribution in [0.4, 0.5) is 0 Å². The molecule has 6 heteroatoms. The van der Waals surface area contributed by atoms with Crippen molar-refractivity contribution in [1.29, 1.82) is 0 Å². The second-order valence-electron chi connectivity index (χ2n) is 6.21. The van der Waals surface area contributed by atoms with E-state index in [4.69, 9.17) is 9.47 Å². The van der Waals surface area contributed by atoms with Crippen molar-refractivity contribution < 1.29 is 17.9 Å². The summed E-state index contributed by atoms with van der Waals surface area (Å²) < 4.78 is 37.9. The number of ether oxygens (including phenoxy) is 2. The Labute approximate surface area is 145 Å². The summed E-state index contributed by atoms with van der Waals surface area (Å²) in [4.78, 5) is 0.278. The molecule has 1 fully saturated rings. The molecular formula is C18H29NO4S. The average Bonchev–Trinajstić information content (AvgIpc) is 3.10. The van der Waals surface area contributed by atoms with Crippen molar-refractivity contribution in [1.82, 2.24) is 4.72 Å².